The lowest BCUT2D eigenvalue weighted by Gasteiger charge is -2.26. The predicted molar refractivity (Wildman–Crippen MR) is 105 cm³/mol. The third-order valence-corrected chi connectivity index (χ3v) is 5.18. The number of morpholine rings is 1. The maximum Gasteiger partial charge on any atom is 0.0744 e. The molecule has 0 aliphatic carbocycles. The summed E-state index contributed by atoms with van der Waals surface area (Å²) in [6, 6.07) is 21.4. The van der Waals surface area contributed by atoms with Crippen LogP contribution in [0.4, 0.5) is 0 Å². The van der Waals surface area contributed by atoms with Crippen molar-refractivity contribution in [2.45, 2.75) is 6.54 Å². The van der Waals surface area contributed by atoms with Crippen LogP contribution < -0.4 is 0 Å². The van der Waals surface area contributed by atoms with Crippen molar-refractivity contribution in [3.8, 4) is 5.69 Å². The quantitative estimate of drug-likeness (QED) is 0.563. The van der Waals surface area contributed by atoms with Crippen LogP contribution in [-0.4, -0.2) is 41.0 Å². The molecule has 4 heteroatoms. The molecule has 1 aromatic heterocycles. The molecule has 26 heavy (non-hydrogen) atoms. The van der Waals surface area contributed by atoms with Crippen LogP contribution in [0, 0.1) is 0 Å². The molecule has 3 aromatic carbocycles. The van der Waals surface area contributed by atoms with Crippen molar-refractivity contribution in [3.63, 3.8) is 0 Å². The highest BCUT2D eigenvalue weighted by Gasteiger charge is 2.14. The Morgan fingerprint density at radius 1 is 0.885 bits per heavy atom. The molecule has 4 nitrogen and oxygen atoms in total. The lowest BCUT2D eigenvalue weighted by Crippen LogP contribution is -2.35. The Morgan fingerprint density at radius 3 is 2.62 bits per heavy atom. The van der Waals surface area contributed by atoms with Gasteiger partial charge in [0.25, 0.3) is 0 Å². The molecule has 0 atom stereocenters. The molecular formula is C22H21N3O. The summed E-state index contributed by atoms with van der Waals surface area (Å²) in [5, 5.41) is 8.41. The Bertz CT molecular complexity index is 1060. The smallest absolute Gasteiger partial charge is 0.0744 e. The van der Waals surface area contributed by atoms with E-state index in [9.17, 15) is 0 Å². The molecule has 0 saturated carbocycles. The molecule has 1 aliphatic heterocycles. The van der Waals surface area contributed by atoms with Crippen LogP contribution in [-0.2, 0) is 11.3 Å². The van der Waals surface area contributed by atoms with E-state index in [1.165, 1.54) is 21.7 Å². The number of rotatable bonds is 3. The van der Waals surface area contributed by atoms with E-state index in [-0.39, 0.29) is 0 Å². The lowest BCUT2D eigenvalue weighted by molar-refractivity contribution is 0.0344. The van der Waals surface area contributed by atoms with Crippen molar-refractivity contribution in [3.05, 3.63) is 72.4 Å². The van der Waals surface area contributed by atoms with Crippen molar-refractivity contribution in [2.24, 2.45) is 0 Å². The molecule has 0 N–H and O–H groups in total. The number of benzene rings is 3. The highest BCUT2D eigenvalue weighted by atomic mass is 16.5. The van der Waals surface area contributed by atoms with Crippen molar-refractivity contribution in [2.75, 3.05) is 26.3 Å². The van der Waals surface area contributed by atoms with E-state index in [0.29, 0.717) is 0 Å². The second-order valence-corrected chi connectivity index (χ2v) is 6.83. The zero-order chi connectivity index (χ0) is 17.3. The molecule has 130 valence electrons. The largest absolute Gasteiger partial charge is 0.379 e. The average Bonchev–Trinajstić information content (AvgIpc) is 3.14. The van der Waals surface area contributed by atoms with Crippen molar-refractivity contribution in [1.82, 2.24) is 14.7 Å². The van der Waals surface area contributed by atoms with Crippen LogP contribution in [0.25, 0.3) is 27.4 Å². The molecule has 0 unspecified atom stereocenters. The maximum absolute atomic E-state index is 5.46. The van der Waals surface area contributed by atoms with Gasteiger partial charge >= 0.3 is 0 Å². The first-order valence-corrected chi connectivity index (χ1v) is 9.13. The van der Waals surface area contributed by atoms with E-state index in [2.05, 4.69) is 65.6 Å². The fourth-order valence-electron chi connectivity index (χ4n) is 3.76. The third kappa shape index (κ3) is 2.77. The van der Waals surface area contributed by atoms with Gasteiger partial charge in [0.15, 0.2) is 0 Å². The van der Waals surface area contributed by atoms with Crippen molar-refractivity contribution < 1.29 is 4.74 Å². The molecule has 4 aromatic rings. The zero-order valence-electron chi connectivity index (χ0n) is 14.6. The fourth-order valence-corrected chi connectivity index (χ4v) is 3.76. The van der Waals surface area contributed by atoms with Crippen LogP contribution in [0.3, 0.4) is 0 Å². The first kappa shape index (κ1) is 15.6. The van der Waals surface area contributed by atoms with E-state index in [4.69, 9.17) is 9.84 Å². The maximum atomic E-state index is 5.46. The Morgan fingerprint density at radius 2 is 1.73 bits per heavy atom. The minimum absolute atomic E-state index is 0.826. The van der Waals surface area contributed by atoms with E-state index < -0.39 is 0 Å². The van der Waals surface area contributed by atoms with Gasteiger partial charge in [-0.05, 0) is 34.5 Å². The number of nitrogens with zero attached hydrogens (tertiary/aromatic N) is 3. The molecule has 0 radical (unpaired) electrons. The van der Waals surface area contributed by atoms with E-state index in [1.54, 1.807) is 0 Å². The normalized spacial score (nSPS) is 15.7. The summed E-state index contributed by atoms with van der Waals surface area (Å²) < 4.78 is 7.51. The van der Waals surface area contributed by atoms with Gasteiger partial charge in [0.05, 0.1) is 30.6 Å². The zero-order valence-corrected chi connectivity index (χ0v) is 14.6. The van der Waals surface area contributed by atoms with E-state index in [1.807, 2.05) is 10.9 Å². The number of fused-ring (bicyclic) bond motifs is 2. The monoisotopic (exact) mass is 343 g/mol. The van der Waals surface area contributed by atoms with Gasteiger partial charge in [-0.3, -0.25) is 4.90 Å². The van der Waals surface area contributed by atoms with Crippen LogP contribution in [0.2, 0.25) is 0 Å². The molecule has 1 fully saturated rings. The Hall–Kier alpha value is -2.69. The minimum atomic E-state index is 0.826. The first-order valence-electron chi connectivity index (χ1n) is 9.13. The van der Waals surface area contributed by atoms with Gasteiger partial charge in [0.2, 0.25) is 0 Å². The first-order chi connectivity index (χ1) is 12.9. The summed E-state index contributed by atoms with van der Waals surface area (Å²) in [6.07, 6.45) is 2.00. The SMILES string of the molecule is c1ccc2cc(-n3ncc4c(CN5CCOCC5)cccc43)ccc2c1. The Labute approximate surface area is 152 Å². The van der Waals surface area contributed by atoms with Gasteiger partial charge in [-0.2, -0.15) is 5.10 Å². The summed E-state index contributed by atoms with van der Waals surface area (Å²) in [7, 11) is 0. The number of aromatic nitrogens is 2. The molecule has 5 rings (SSSR count). The predicted octanol–water partition coefficient (Wildman–Crippen LogP) is 4.01. The van der Waals surface area contributed by atoms with E-state index >= 15 is 0 Å². The molecule has 1 aliphatic rings. The molecule has 1 saturated heterocycles. The van der Waals surface area contributed by atoms with Gasteiger partial charge in [-0.25, -0.2) is 4.68 Å². The molecule has 2 heterocycles. The topological polar surface area (TPSA) is 30.3 Å². The van der Waals surface area contributed by atoms with Crippen LogP contribution >= 0.6 is 0 Å². The second kappa shape index (κ2) is 6.56. The van der Waals surface area contributed by atoms with Gasteiger partial charge in [0.1, 0.15) is 0 Å². The number of ether oxygens (including phenoxy) is 1. The van der Waals surface area contributed by atoms with Crippen molar-refractivity contribution in [1.29, 1.82) is 0 Å². The molecular weight excluding hydrogens is 322 g/mol. The summed E-state index contributed by atoms with van der Waals surface area (Å²) >= 11 is 0. The highest BCUT2D eigenvalue weighted by molar-refractivity contribution is 5.87. The number of hydrogen-bond acceptors (Lipinski definition) is 3. The van der Waals surface area contributed by atoms with Gasteiger partial charge in [-0.1, -0.05) is 42.5 Å². The summed E-state index contributed by atoms with van der Waals surface area (Å²) in [4.78, 5) is 2.45. The highest BCUT2D eigenvalue weighted by Crippen LogP contribution is 2.25. The Balaban J connectivity index is 1.55. The second-order valence-electron chi connectivity index (χ2n) is 6.83. The number of hydrogen-bond donors (Lipinski definition) is 0. The summed E-state index contributed by atoms with van der Waals surface area (Å²) in [5.41, 5.74) is 3.59. The van der Waals surface area contributed by atoms with Gasteiger partial charge in [-0.15, -0.1) is 0 Å². The van der Waals surface area contributed by atoms with Gasteiger partial charge < -0.3 is 4.74 Å². The van der Waals surface area contributed by atoms with Crippen molar-refractivity contribution >= 4 is 21.7 Å². The fraction of sp³-hybridized carbons (Fsp3) is 0.227. The van der Waals surface area contributed by atoms with Gasteiger partial charge in [0, 0.05) is 25.0 Å². The molecule has 0 amide bonds. The van der Waals surface area contributed by atoms with Crippen LogP contribution in [0.15, 0.2) is 66.9 Å². The van der Waals surface area contributed by atoms with Crippen LogP contribution in [0.1, 0.15) is 5.56 Å². The third-order valence-electron chi connectivity index (χ3n) is 5.18. The van der Waals surface area contributed by atoms with E-state index in [0.717, 1.165) is 44.1 Å². The standard InChI is InChI=1S/C22H21N3O/c1-2-5-18-14-20(9-8-17(18)4-1)25-22-7-3-6-19(21(22)15-23-25)16-24-10-12-26-13-11-24/h1-9,14-15H,10-13,16H2. The molecule has 0 bridgehead atoms. The lowest BCUT2D eigenvalue weighted by atomic mass is 10.1. The average molecular weight is 343 g/mol. The minimum Gasteiger partial charge on any atom is -0.379 e. The summed E-state index contributed by atoms with van der Waals surface area (Å²) in [6.45, 7) is 4.59. The van der Waals surface area contributed by atoms with Crippen LogP contribution in [0.5, 0.6) is 0 Å². The summed E-state index contributed by atoms with van der Waals surface area (Å²) in [5.74, 6) is 0. The Kier molecular flexibility index (Phi) is 3.92. The molecule has 0 spiro atoms.